The van der Waals surface area contributed by atoms with Gasteiger partial charge in [0, 0.05) is 30.6 Å². The van der Waals surface area contributed by atoms with Crippen LogP contribution in [0, 0.1) is 0 Å². The van der Waals surface area contributed by atoms with Gasteiger partial charge in [-0.3, -0.25) is 4.79 Å². The molecule has 2 aromatic carbocycles. The quantitative estimate of drug-likeness (QED) is 0.280. The first-order valence-electron chi connectivity index (χ1n) is 13.2. The van der Waals surface area contributed by atoms with Crippen molar-refractivity contribution in [3.05, 3.63) is 65.2 Å². The van der Waals surface area contributed by atoms with E-state index >= 15 is 0 Å². The summed E-state index contributed by atoms with van der Waals surface area (Å²) in [5.74, 6) is -0.0681. The molecule has 40 heavy (non-hydrogen) atoms. The monoisotopic (exact) mass is 564 g/mol. The van der Waals surface area contributed by atoms with Crippen LogP contribution >= 0.6 is 11.6 Å². The van der Waals surface area contributed by atoms with Gasteiger partial charge in [-0.1, -0.05) is 48.0 Å². The van der Waals surface area contributed by atoms with Crippen LogP contribution in [0.1, 0.15) is 23.2 Å². The number of amides is 1. The molecular formula is C29H29ClN4O6. The second-order valence-electron chi connectivity index (χ2n) is 10.2. The Labute approximate surface area is 235 Å². The average molecular weight is 565 g/mol. The van der Waals surface area contributed by atoms with Crippen molar-refractivity contribution < 1.29 is 29.6 Å². The molecule has 0 aliphatic carbocycles. The van der Waals surface area contributed by atoms with Crippen LogP contribution in [0.2, 0.25) is 5.02 Å². The van der Waals surface area contributed by atoms with Crippen LogP contribution in [0.15, 0.2) is 54.6 Å². The molecule has 0 spiro atoms. The molecule has 2 saturated heterocycles. The maximum atomic E-state index is 12.7. The zero-order valence-corrected chi connectivity index (χ0v) is 22.3. The highest BCUT2D eigenvalue weighted by atomic mass is 35.5. The molecule has 208 valence electrons. The first-order valence-corrected chi connectivity index (χ1v) is 13.6. The summed E-state index contributed by atoms with van der Waals surface area (Å²) in [7, 11) is 0. The van der Waals surface area contributed by atoms with Gasteiger partial charge in [-0.2, -0.15) is 4.98 Å². The first-order chi connectivity index (χ1) is 19.4. The minimum atomic E-state index is -0.819. The van der Waals surface area contributed by atoms with Gasteiger partial charge in [0.2, 0.25) is 0 Å². The van der Waals surface area contributed by atoms with Gasteiger partial charge in [-0.15, -0.1) is 0 Å². The molecule has 1 amide bonds. The molecule has 2 aliphatic rings. The number of carbonyl (C=O) groups excluding carboxylic acids is 1. The van der Waals surface area contributed by atoms with Crippen molar-refractivity contribution in [2.24, 2.45) is 0 Å². The number of aromatic nitrogens is 3. The van der Waals surface area contributed by atoms with Gasteiger partial charge >= 0.3 is 0 Å². The van der Waals surface area contributed by atoms with Crippen molar-refractivity contribution in [3.63, 3.8) is 0 Å². The molecule has 6 rings (SSSR count). The number of hydrogen-bond donors (Lipinski definition) is 4. The van der Waals surface area contributed by atoms with Gasteiger partial charge < -0.3 is 34.7 Å². The molecule has 10 nitrogen and oxygen atoms in total. The second kappa shape index (κ2) is 11.1. The Bertz CT molecular complexity index is 1510. The minimum absolute atomic E-state index is 0.0681. The molecule has 4 unspecified atom stereocenters. The number of likely N-dealkylation sites (tertiary alicyclic amines) is 1. The fraction of sp³-hybridized carbons (Fsp3) is 0.345. The molecular weight excluding hydrogens is 536 g/mol. The molecule has 2 aliphatic heterocycles. The maximum Gasteiger partial charge on any atom is 0.296 e. The standard InChI is InChI=1S/C29H29ClN4O6/c30-22-12-23-27(33-29(31-23)40-21-11-24(37)25(14-35)39-15-21)32-26(22)18-5-1-16(2-6-18)17-3-7-19(8-4-17)28(38)34-10-9-20(36)13-34/h1-8,12,20-21,24-25,35-37H,9-11,13-15H2,(H,31,32,33). The largest absolute Gasteiger partial charge is 0.459 e. The van der Waals surface area contributed by atoms with Crippen LogP contribution in [0.4, 0.5) is 0 Å². The number of aliphatic hydroxyl groups is 3. The lowest BCUT2D eigenvalue weighted by Crippen LogP contribution is -2.45. The van der Waals surface area contributed by atoms with E-state index in [1.807, 2.05) is 48.5 Å². The van der Waals surface area contributed by atoms with Crippen molar-refractivity contribution in [2.75, 3.05) is 26.3 Å². The Hall–Kier alpha value is -3.54. The van der Waals surface area contributed by atoms with E-state index in [0.717, 1.165) is 16.7 Å². The molecule has 0 radical (unpaired) electrons. The molecule has 4 N–H and O–H groups in total. The van der Waals surface area contributed by atoms with Crippen molar-refractivity contribution in [3.8, 4) is 28.4 Å². The summed E-state index contributed by atoms with van der Waals surface area (Å²) >= 11 is 6.58. The molecule has 11 heteroatoms. The third-order valence-corrected chi connectivity index (χ3v) is 7.66. The van der Waals surface area contributed by atoms with Gasteiger partial charge in [-0.25, -0.2) is 4.98 Å². The summed E-state index contributed by atoms with van der Waals surface area (Å²) < 4.78 is 11.3. The summed E-state index contributed by atoms with van der Waals surface area (Å²) in [5.41, 5.74) is 5.00. The number of nitrogens with zero attached hydrogens (tertiary/aromatic N) is 3. The molecule has 4 aromatic rings. The SMILES string of the molecule is O=C(c1ccc(-c2ccc(-c3nc4nc(OC5COC(CO)C(O)C5)[nH]c4cc3Cl)cc2)cc1)N1CCC(O)C1. The highest BCUT2D eigenvalue weighted by molar-refractivity contribution is 6.33. The Morgan fingerprint density at radius 2 is 1.77 bits per heavy atom. The second-order valence-corrected chi connectivity index (χ2v) is 10.6. The topological polar surface area (TPSA) is 141 Å². The van der Waals surface area contributed by atoms with Crippen molar-refractivity contribution in [2.45, 2.75) is 37.3 Å². The van der Waals surface area contributed by atoms with Gasteiger partial charge in [-0.05, 0) is 35.7 Å². The summed E-state index contributed by atoms with van der Waals surface area (Å²) in [4.78, 5) is 26.5. The summed E-state index contributed by atoms with van der Waals surface area (Å²) in [6.07, 6.45) is -1.35. The van der Waals surface area contributed by atoms with Crippen LogP contribution < -0.4 is 4.74 Å². The van der Waals surface area contributed by atoms with Crippen LogP contribution in [-0.4, -0.2) is 91.8 Å². The Morgan fingerprint density at radius 3 is 2.42 bits per heavy atom. The van der Waals surface area contributed by atoms with Crippen LogP contribution in [0.5, 0.6) is 6.01 Å². The maximum absolute atomic E-state index is 12.7. The molecule has 0 saturated carbocycles. The zero-order chi connectivity index (χ0) is 27.8. The first kappa shape index (κ1) is 26.7. The number of aliphatic hydroxyl groups excluding tert-OH is 3. The predicted octanol–water partition coefficient (Wildman–Crippen LogP) is 3.04. The molecule has 0 bridgehead atoms. The smallest absolute Gasteiger partial charge is 0.296 e. The van der Waals surface area contributed by atoms with E-state index in [9.17, 15) is 20.1 Å². The van der Waals surface area contributed by atoms with E-state index in [1.54, 1.807) is 11.0 Å². The highest BCUT2D eigenvalue weighted by Gasteiger charge is 2.31. The number of hydrogen-bond acceptors (Lipinski definition) is 8. The molecule has 4 atom stereocenters. The van der Waals surface area contributed by atoms with Crippen LogP contribution in [0.25, 0.3) is 33.5 Å². The third kappa shape index (κ3) is 5.41. The Kier molecular flexibility index (Phi) is 7.43. The minimum Gasteiger partial charge on any atom is -0.459 e. The van der Waals surface area contributed by atoms with Crippen molar-refractivity contribution >= 4 is 28.7 Å². The number of β-amino-alcohol motifs (C(OH)–C–C–N with tert-alkyl or cyclic N) is 1. The van der Waals surface area contributed by atoms with Gasteiger partial charge in [0.25, 0.3) is 11.9 Å². The number of H-pyrrole nitrogens is 1. The number of carbonyl (C=O) groups is 1. The van der Waals surface area contributed by atoms with E-state index in [0.29, 0.717) is 53.4 Å². The summed E-state index contributed by atoms with van der Waals surface area (Å²) in [5, 5.41) is 29.5. The average Bonchev–Trinajstić information content (AvgIpc) is 3.57. The molecule has 2 fully saturated rings. The van der Waals surface area contributed by atoms with Crippen molar-refractivity contribution in [1.82, 2.24) is 19.9 Å². The fourth-order valence-electron chi connectivity index (χ4n) is 5.13. The normalized spacial score (nSPS) is 23.1. The van der Waals surface area contributed by atoms with Crippen LogP contribution in [0.3, 0.4) is 0 Å². The Balaban J connectivity index is 1.16. The lowest BCUT2D eigenvalue weighted by atomic mass is 10.0. The zero-order valence-electron chi connectivity index (χ0n) is 21.5. The number of aromatic amines is 1. The lowest BCUT2D eigenvalue weighted by molar-refractivity contribution is -0.131. The van der Waals surface area contributed by atoms with Gasteiger partial charge in [0.05, 0.1) is 41.7 Å². The van der Waals surface area contributed by atoms with Gasteiger partial charge in [0.15, 0.2) is 5.65 Å². The highest BCUT2D eigenvalue weighted by Crippen LogP contribution is 2.32. The van der Waals surface area contributed by atoms with Crippen molar-refractivity contribution in [1.29, 1.82) is 0 Å². The number of benzene rings is 2. The predicted molar refractivity (Wildman–Crippen MR) is 148 cm³/mol. The number of imidazole rings is 1. The van der Waals surface area contributed by atoms with E-state index in [-0.39, 0.29) is 25.1 Å². The molecule has 4 heterocycles. The number of nitrogens with one attached hydrogen (secondary N) is 1. The van der Waals surface area contributed by atoms with Gasteiger partial charge in [0.1, 0.15) is 12.2 Å². The number of fused-ring (bicyclic) bond motifs is 1. The number of rotatable bonds is 6. The van der Waals surface area contributed by atoms with E-state index < -0.39 is 24.4 Å². The van der Waals surface area contributed by atoms with E-state index in [1.165, 1.54) is 0 Å². The summed E-state index contributed by atoms with van der Waals surface area (Å²) in [6, 6.07) is 17.3. The molecule has 2 aromatic heterocycles. The lowest BCUT2D eigenvalue weighted by Gasteiger charge is -2.31. The summed E-state index contributed by atoms with van der Waals surface area (Å²) in [6.45, 7) is 0.933. The fourth-order valence-corrected chi connectivity index (χ4v) is 5.39. The van der Waals surface area contributed by atoms with Crippen LogP contribution in [-0.2, 0) is 4.74 Å². The number of pyridine rings is 1. The number of ether oxygens (including phenoxy) is 2. The third-order valence-electron chi connectivity index (χ3n) is 7.37. The van der Waals surface area contributed by atoms with E-state index in [4.69, 9.17) is 21.1 Å². The Morgan fingerprint density at radius 1 is 1.07 bits per heavy atom. The van der Waals surface area contributed by atoms with E-state index in [2.05, 4.69) is 15.0 Å². The number of halogens is 1.